The van der Waals surface area contributed by atoms with E-state index in [1.54, 1.807) is 12.3 Å². The number of thiocarbonyl (C=S) groups is 1. The molecule has 0 saturated carbocycles. The molecule has 1 saturated heterocycles. The Bertz CT molecular complexity index is 1140. The summed E-state index contributed by atoms with van der Waals surface area (Å²) in [6.07, 6.45) is -0.614. The molecule has 2 atom stereocenters. The fourth-order valence-electron chi connectivity index (χ4n) is 4.62. The molecule has 1 N–H and O–H groups in total. The Hall–Kier alpha value is -2.87. The minimum atomic E-state index is -4.39. The second-order valence-corrected chi connectivity index (χ2v) is 8.77. The summed E-state index contributed by atoms with van der Waals surface area (Å²) in [6, 6.07) is 13.1. The van der Waals surface area contributed by atoms with Crippen LogP contribution in [0.3, 0.4) is 0 Å². The summed E-state index contributed by atoms with van der Waals surface area (Å²) in [7, 11) is 0. The van der Waals surface area contributed by atoms with Gasteiger partial charge in [-0.3, -0.25) is 4.98 Å². The molecule has 4 nitrogen and oxygen atoms in total. The molecular formula is C25H27F3N4S. The maximum Gasteiger partial charge on any atom is 0.416 e. The van der Waals surface area contributed by atoms with Crippen LogP contribution in [0.25, 0.3) is 5.69 Å². The predicted octanol–water partition coefficient (Wildman–Crippen LogP) is 6.28. The summed E-state index contributed by atoms with van der Waals surface area (Å²) in [5.74, 6) is 0. The van der Waals surface area contributed by atoms with Crippen LogP contribution in [-0.4, -0.2) is 26.1 Å². The Balaban J connectivity index is 1.81. The van der Waals surface area contributed by atoms with E-state index in [0.29, 0.717) is 10.8 Å². The fourth-order valence-corrected chi connectivity index (χ4v) is 4.95. The highest BCUT2D eigenvalue weighted by Gasteiger charge is 2.41. The van der Waals surface area contributed by atoms with Crippen LogP contribution in [0.1, 0.15) is 60.1 Å². The summed E-state index contributed by atoms with van der Waals surface area (Å²) in [4.78, 5) is 6.75. The molecule has 0 aliphatic carbocycles. The van der Waals surface area contributed by atoms with Gasteiger partial charge in [0.25, 0.3) is 0 Å². The first-order valence-electron chi connectivity index (χ1n) is 11.1. The van der Waals surface area contributed by atoms with Gasteiger partial charge in [0.1, 0.15) is 0 Å². The number of hydrogen-bond acceptors (Lipinski definition) is 2. The van der Waals surface area contributed by atoms with E-state index in [4.69, 9.17) is 12.2 Å². The first-order chi connectivity index (χ1) is 15.7. The van der Waals surface area contributed by atoms with Gasteiger partial charge in [0.15, 0.2) is 5.11 Å². The minimum Gasteiger partial charge on any atom is -0.352 e. The molecule has 0 unspecified atom stereocenters. The van der Waals surface area contributed by atoms with Gasteiger partial charge in [0, 0.05) is 29.8 Å². The lowest BCUT2D eigenvalue weighted by Crippen LogP contribution is -2.30. The van der Waals surface area contributed by atoms with Gasteiger partial charge in [-0.2, -0.15) is 13.2 Å². The molecule has 174 valence electrons. The zero-order valence-electron chi connectivity index (χ0n) is 18.9. The molecule has 33 heavy (non-hydrogen) atoms. The summed E-state index contributed by atoms with van der Waals surface area (Å²) in [6.45, 7) is 6.81. The summed E-state index contributed by atoms with van der Waals surface area (Å²) in [5, 5.41) is 4.11. The molecule has 0 amide bonds. The van der Waals surface area contributed by atoms with E-state index in [9.17, 15) is 13.2 Å². The van der Waals surface area contributed by atoms with E-state index in [1.807, 2.05) is 36.6 Å². The second kappa shape index (κ2) is 9.17. The smallest absolute Gasteiger partial charge is 0.352 e. The number of benzene rings is 1. The largest absolute Gasteiger partial charge is 0.416 e. The van der Waals surface area contributed by atoms with Gasteiger partial charge in [0.05, 0.1) is 23.3 Å². The average Bonchev–Trinajstić information content (AvgIpc) is 3.27. The van der Waals surface area contributed by atoms with Crippen molar-refractivity contribution in [1.29, 1.82) is 0 Å². The van der Waals surface area contributed by atoms with Gasteiger partial charge in [-0.25, -0.2) is 0 Å². The second-order valence-electron chi connectivity index (χ2n) is 8.38. The van der Waals surface area contributed by atoms with Crippen molar-refractivity contribution in [3.8, 4) is 5.69 Å². The highest BCUT2D eigenvalue weighted by atomic mass is 32.1. The Labute approximate surface area is 197 Å². The number of pyridine rings is 1. The zero-order chi connectivity index (χ0) is 23.8. The maximum atomic E-state index is 13.3. The Morgan fingerprint density at radius 1 is 1.09 bits per heavy atom. The van der Waals surface area contributed by atoms with E-state index >= 15 is 0 Å². The van der Waals surface area contributed by atoms with Crippen molar-refractivity contribution in [3.63, 3.8) is 0 Å². The third-order valence-corrected chi connectivity index (χ3v) is 6.52. The number of hydrogen-bond donors (Lipinski definition) is 1. The first kappa shape index (κ1) is 23.3. The highest BCUT2D eigenvalue weighted by Crippen LogP contribution is 2.41. The van der Waals surface area contributed by atoms with Crippen molar-refractivity contribution in [3.05, 3.63) is 82.9 Å². The van der Waals surface area contributed by atoms with Crippen molar-refractivity contribution in [2.24, 2.45) is 0 Å². The fraction of sp³-hybridized carbons (Fsp3) is 0.360. The monoisotopic (exact) mass is 472 g/mol. The van der Waals surface area contributed by atoms with Crippen molar-refractivity contribution in [2.75, 3.05) is 6.54 Å². The number of nitrogens with one attached hydrogen (secondary N) is 1. The van der Waals surface area contributed by atoms with Gasteiger partial charge in [-0.1, -0.05) is 25.5 Å². The van der Waals surface area contributed by atoms with Crippen LogP contribution in [0.4, 0.5) is 13.2 Å². The Morgan fingerprint density at radius 3 is 2.55 bits per heavy atom. The number of aryl methyl sites for hydroxylation is 1. The molecular weight excluding hydrogens is 445 g/mol. The predicted molar refractivity (Wildman–Crippen MR) is 127 cm³/mol. The standard InChI is InChI=1S/C25H27F3N4S/c1-4-5-13-31-23(22(30-24(31)33)21-11-6-7-12-29-21)20-14-16(2)32(17(20)3)19-10-8-9-18(15-19)25(26,27)28/h6-12,14-15,22-23H,4-5,13H2,1-3H3,(H,30,33)/t22-,23-/m0/s1. The third-order valence-electron chi connectivity index (χ3n) is 6.17. The Kier molecular flexibility index (Phi) is 6.47. The topological polar surface area (TPSA) is 33.1 Å². The van der Waals surface area contributed by atoms with Crippen LogP contribution in [-0.2, 0) is 6.18 Å². The molecule has 3 aromatic rings. The number of aromatic nitrogens is 2. The van der Waals surface area contributed by atoms with E-state index in [1.165, 1.54) is 12.1 Å². The number of nitrogens with zero attached hydrogens (tertiary/aromatic N) is 3. The van der Waals surface area contributed by atoms with Crippen LogP contribution in [0.15, 0.2) is 54.7 Å². The van der Waals surface area contributed by atoms with Gasteiger partial charge < -0.3 is 14.8 Å². The van der Waals surface area contributed by atoms with Crippen LogP contribution in [0, 0.1) is 13.8 Å². The van der Waals surface area contributed by atoms with Gasteiger partial charge >= 0.3 is 6.18 Å². The normalized spacial score (nSPS) is 18.6. The van der Waals surface area contributed by atoms with Crippen LogP contribution in [0.2, 0.25) is 0 Å². The van der Waals surface area contributed by atoms with E-state index < -0.39 is 11.7 Å². The first-order valence-corrected chi connectivity index (χ1v) is 11.5. The molecule has 1 aliphatic rings. The van der Waals surface area contributed by atoms with E-state index in [-0.39, 0.29) is 12.1 Å². The molecule has 3 heterocycles. The number of unbranched alkanes of at least 4 members (excludes halogenated alkanes) is 1. The maximum absolute atomic E-state index is 13.3. The lowest BCUT2D eigenvalue weighted by Gasteiger charge is -2.28. The third kappa shape index (κ3) is 4.49. The minimum absolute atomic E-state index is 0.107. The molecule has 0 bridgehead atoms. The molecule has 1 fully saturated rings. The highest BCUT2D eigenvalue weighted by molar-refractivity contribution is 7.80. The Morgan fingerprint density at radius 2 is 1.88 bits per heavy atom. The lowest BCUT2D eigenvalue weighted by atomic mass is 9.96. The SMILES string of the molecule is CCCCN1C(=S)N[C@@H](c2ccccn2)[C@@H]1c1cc(C)n(-c2cccc(C(F)(F)F)c2)c1C. The van der Waals surface area contributed by atoms with Crippen LogP contribution < -0.4 is 5.32 Å². The van der Waals surface area contributed by atoms with Gasteiger partial charge in [0.2, 0.25) is 0 Å². The van der Waals surface area contributed by atoms with Crippen molar-refractivity contribution in [2.45, 2.75) is 51.9 Å². The van der Waals surface area contributed by atoms with E-state index in [2.05, 4.69) is 28.2 Å². The van der Waals surface area contributed by atoms with Gasteiger partial charge in [-0.15, -0.1) is 0 Å². The summed E-state index contributed by atoms with van der Waals surface area (Å²) < 4.78 is 41.9. The van der Waals surface area contributed by atoms with Crippen LogP contribution >= 0.6 is 12.2 Å². The molecule has 1 aliphatic heterocycles. The molecule has 2 aromatic heterocycles. The van der Waals surface area contributed by atoms with Crippen LogP contribution in [0.5, 0.6) is 0 Å². The van der Waals surface area contributed by atoms with Crippen molar-refractivity contribution < 1.29 is 13.2 Å². The zero-order valence-corrected chi connectivity index (χ0v) is 19.7. The number of rotatable bonds is 6. The average molecular weight is 473 g/mol. The van der Waals surface area contributed by atoms with Gasteiger partial charge in [-0.05, 0) is 74.4 Å². The van der Waals surface area contributed by atoms with Crippen molar-refractivity contribution in [1.82, 2.24) is 19.8 Å². The molecule has 0 radical (unpaired) electrons. The molecule has 8 heteroatoms. The number of alkyl halides is 3. The van der Waals surface area contributed by atoms with Crippen molar-refractivity contribution >= 4 is 17.3 Å². The molecule has 0 spiro atoms. The molecule has 4 rings (SSSR count). The number of halogens is 3. The van der Waals surface area contributed by atoms with E-state index in [0.717, 1.165) is 48.1 Å². The lowest BCUT2D eigenvalue weighted by molar-refractivity contribution is -0.137. The quantitative estimate of drug-likeness (QED) is 0.428. The summed E-state index contributed by atoms with van der Waals surface area (Å²) in [5.41, 5.74) is 3.51. The summed E-state index contributed by atoms with van der Waals surface area (Å²) >= 11 is 5.70. The molecule has 1 aromatic carbocycles.